The molecular weight excluding hydrogens is 204 g/mol. The summed E-state index contributed by atoms with van der Waals surface area (Å²) in [5.74, 6) is 0.781. The molecule has 0 amide bonds. The van der Waals surface area contributed by atoms with E-state index >= 15 is 0 Å². The molecule has 0 saturated heterocycles. The van der Waals surface area contributed by atoms with Gasteiger partial charge in [-0.05, 0) is 18.6 Å². The second kappa shape index (κ2) is 4.04. The van der Waals surface area contributed by atoms with Gasteiger partial charge in [-0.2, -0.15) is 0 Å². The van der Waals surface area contributed by atoms with E-state index in [1.54, 1.807) is 23.3 Å². The number of nitrogens with zero attached hydrogens (tertiary/aromatic N) is 2. The molecule has 1 aromatic heterocycles. The van der Waals surface area contributed by atoms with Crippen molar-refractivity contribution in [1.29, 1.82) is 0 Å². The minimum absolute atomic E-state index is 0.0325. The Kier molecular flexibility index (Phi) is 2.73. The third-order valence-electron chi connectivity index (χ3n) is 2.80. The highest BCUT2D eigenvalue weighted by atomic mass is 16.5. The van der Waals surface area contributed by atoms with E-state index in [9.17, 15) is 4.79 Å². The van der Waals surface area contributed by atoms with Crippen LogP contribution in [0.2, 0.25) is 0 Å². The second-order valence-corrected chi connectivity index (χ2v) is 3.85. The molecule has 1 aromatic carbocycles. The van der Waals surface area contributed by atoms with E-state index in [0.717, 1.165) is 29.7 Å². The van der Waals surface area contributed by atoms with Crippen LogP contribution in [-0.2, 0) is 13.6 Å². The first-order valence-electron chi connectivity index (χ1n) is 5.42. The van der Waals surface area contributed by atoms with Crippen molar-refractivity contribution < 1.29 is 4.74 Å². The van der Waals surface area contributed by atoms with Gasteiger partial charge in [-0.3, -0.25) is 9.13 Å². The number of rotatable bonds is 3. The minimum Gasteiger partial charge on any atom is -0.497 e. The van der Waals surface area contributed by atoms with Gasteiger partial charge in [0.25, 0.3) is 0 Å². The van der Waals surface area contributed by atoms with Gasteiger partial charge in [-0.15, -0.1) is 0 Å². The third kappa shape index (κ3) is 1.50. The monoisotopic (exact) mass is 220 g/mol. The maximum Gasteiger partial charge on any atom is 0.328 e. The van der Waals surface area contributed by atoms with Crippen molar-refractivity contribution in [1.82, 2.24) is 9.13 Å². The first-order valence-corrected chi connectivity index (χ1v) is 5.42. The Morgan fingerprint density at radius 3 is 2.69 bits per heavy atom. The number of imidazole rings is 1. The predicted molar refractivity (Wildman–Crippen MR) is 64.0 cm³/mol. The summed E-state index contributed by atoms with van der Waals surface area (Å²) in [4.78, 5) is 12.0. The lowest BCUT2D eigenvalue weighted by Crippen LogP contribution is -2.21. The van der Waals surface area contributed by atoms with E-state index in [2.05, 4.69) is 6.92 Å². The zero-order valence-electron chi connectivity index (χ0n) is 9.86. The first kappa shape index (κ1) is 10.8. The van der Waals surface area contributed by atoms with Gasteiger partial charge in [0.2, 0.25) is 0 Å². The van der Waals surface area contributed by atoms with E-state index in [1.165, 1.54) is 0 Å². The number of methoxy groups -OCH3 is 1. The SMILES string of the molecule is CCCn1c(=O)n(C)c2ccc(OC)cc21. The van der Waals surface area contributed by atoms with Crippen LogP contribution in [0.25, 0.3) is 11.0 Å². The summed E-state index contributed by atoms with van der Waals surface area (Å²) in [5, 5.41) is 0. The molecule has 0 saturated carbocycles. The fourth-order valence-electron chi connectivity index (χ4n) is 1.96. The molecule has 0 N–H and O–H groups in total. The van der Waals surface area contributed by atoms with Gasteiger partial charge in [0, 0.05) is 19.7 Å². The van der Waals surface area contributed by atoms with Crippen LogP contribution in [-0.4, -0.2) is 16.2 Å². The Morgan fingerprint density at radius 1 is 1.31 bits per heavy atom. The average Bonchev–Trinajstić information content (AvgIpc) is 2.54. The fraction of sp³-hybridized carbons (Fsp3) is 0.417. The van der Waals surface area contributed by atoms with Crippen molar-refractivity contribution in [3.63, 3.8) is 0 Å². The Morgan fingerprint density at radius 2 is 2.06 bits per heavy atom. The highest BCUT2D eigenvalue weighted by Crippen LogP contribution is 2.19. The maximum atomic E-state index is 12.0. The summed E-state index contributed by atoms with van der Waals surface area (Å²) in [7, 11) is 3.43. The summed E-state index contributed by atoms with van der Waals surface area (Å²) in [6.45, 7) is 2.80. The summed E-state index contributed by atoms with van der Waals surface area (Å²) >= 11 is 0. The average molecular weight is 220 g/mol. The molecule has 0 aliphatic heterocycles. The largest absolute Gasteiger partial charge is 0.497 e. The Bertz CT molecular complexity index is 566. The highest BCUT2D eigenvalue weighted by molar-refractivity contribution is 5.77. The molecule has 4 heteroatoms. The smallest absolute Gasteiger partial charge is 0.328 e. The fourth-order valence-corrected chi connectivity index (χ4v) is 1.96. The molecule has 16 heavy (non-hydrogen) atoms. The summed E-state index contributed by atoms with van der Waals surface area (Å²) in [6, 6.07) is 5.70. The predicted octanol–water partition coefficient (Wildman–Crippen LogP) is 1.76. The van der Waals surface area contributed by atoms with Gasteiger partial charge in [0.05, 0.1) is 18.1 Å². The summed E-state index contributed by atoms with van der Waals surface area (Å²) < 4.78 is 8.64. The van der Waals surface area contributed by atoms with Crippen LogP contribution >= 0.6 is 0 Å². The zero-order chi connectivity index (χ0) is 11.7. The molecule has 2 rings (SSSR count). The third-order valence-corrected chi connectivity index (χ3v) is 2.80. The lowest BCUT2D eigenvalue weighted by Gasteiger charge is -2.02. The normalized spacial score (nSPS) is 10.9. The molecular formula is C12H16N2O2. The Labute approximate surface area is 94.1 Å². The number of fused-ring (bicyclic) bond motifs is 1. The zero-order valence-corrected chi connectivity index (χ0v) is 9.86. The molecule has 0 spiro atoms. The van der Waals surface area contributed by atoms with Crippen LogP contribution in [0.3, 0.4) is 0 Å². The van der Waals surface area contributed by atoms with Gasteiger partial charge in [0.15, 0.2) is 0 Å². The van der Waals surface area contributed by atoms with Crippen LogP contribution in [0.1, 0.15) is 13.3 Å². The Balaban J connectivity index is 2.76. The van der Waals surface area contributed by atoms with Gasteiger partial charge in [-0.25, -0.2) is 4.79 Å². The van der Waals surface area contributed by atoms with Gasteiger partial charge < -0.3 is 4.74 Å². The standard InChI is InChI=1S/C12H16N2O2/c1-4-7-14-11-8-9(16-3)5-6-10(11)13(2)12(14)15/h5-6,8H,4,7H2,1-3H3. The van der Waals surface area contributed by atoms with Crippen molar-refractivity contribution in [2.75, 3.05) is 7.11 Å². The maximum absolute atomic E-state index is 12.0. The lowest BCUT2D eigenvalue weighted by molar-refractivity contribution is 0.415. The van der Waals surface area contributed by atoms with Gasteiger partial charge >= 0.3 is 5.69 Å². The lowest BCUT2D eigenvalue weighted by atomic mass is 10.3. The number of hydrogen-bond donors (Lipinski definition) is 0. The van der Waals surface area contributed by atoms with E-state index in [1.807, 2.05) is 18.2 Å². The number of aromatic nitrogens is 2. The minimum atomic E-state index is 0.0325. The number of ether oxygens (including phenoxy) is 1. The number of hydrogen-bond acceptors (Lipinski definition) is 2. The molecule has 0 aliphatic carbocycles. The molecule has 1 heterocycles. The number of aryl methyl sites for hydroxylation is 2. The number of benzene rings is 1. The Hall–Kier alpha value is -1.71. The van der Waals surface area contributed by atoms with E-state index in [0.29, 0.717) is 0 Å². The van der Waals surface area contributed by atoms with Crippen molar-refractivity contribution >= 4 is 11.0 Å². The van der Waals surface area contributed by atoms with Crippen LogP contribution in [0.4, 0.5) is 0 Å². The topological polar surface area (TPSA) is 36.2 Å². The molecule has 2 aromatic rings. The van der Waals surface area contributed by atoms with Crippen LogP contribution in [0.5, 0.6) is 5.75 Å². The van der Waals surface area contributed by atoms with E-state index in [4.69, 9.17) is 4.74 Å². The molecule has 0 fully saturated rings. The summed E-state index contributed by atoms with van der Waals surface area (Å²) in [5.41, 5.74) is 1.91. The van der Waals surface area contributed by atoms with E-state index < -0.39 is 0 Å². The van der Waals surface area contributed by atoms with E-state index in [-0.39, 0.29) is 5.69 Å². The quantitative estimate of drug-likeness (QED) is 0.790. The molecule has 86 valence electrons. The van der Waals surface area contributed by atoms with Crippen molar-refractivity contribution in [2.24, 2.45) is 7.05 Å². The van der Waals surface area contributed by atoms with Crippen molar-refractivity contribution in [3.05, 3.63) is 28.7 Å². The molecule has 0 unspecified atom stereocenters. The second-order valence-electron chi connectivity index (χ2n) is 3.85. The van der Waals surface area contributed by atoms with Crippen LogP contribution < -0.4 is 10.4 Å². The van der Waals surface area contributed by atoms with Crippen molar-refractivity contribution in [3.8, 4) is 5.75 Å². The first-order chi connectivity index (χ1) is 7.69. The molecule has 0 atom stereocenters. The van der Waals surface area contributed by atoms with Crippen LogP contribution in [0, 0.1) is 0 Å². The van der Waals surface area contributed by atoms with Gasteiger partial charge in [-0.1, -0.05) is 6.92 Å². The van der Waals surface area contributed by atoms with Gasteiger partial charge in [0.1, 0.15) is 5.75 Å². The molecule has 0 radical (unpaired) electrons. The van der Waals surface area contributed by atoms with Crippen molar-refractivity contribution in [2.45, 2.75) is 19.9 Å². The molecule has 0 aliphatic rings. The van der Waals surface area contributed by atoms with Crippen LogP contribution in [0.15, 0.2) is 23.0 Å². The highest BCUT2D eigenvalue weighted by Gasteiger charge is 2.10. The molecule has 4 nitrogen and oxygen atoms in total. The molecule has 0 bridgehead atoms. The summed E-state index contributed by atoms with van der Waals surface area (Å²) in [6.07, 6.45) is 0.941.